The molecule has 2 heteroatoms. The van der Waals surface area contributed by atoms with Gasteiger partial charge < -0.3 is 4.74 Å². The summed E-state index contributed by atoms with van der Waals surface area (Å²) >= 11 is 0. The maximum atomic E-state index is 10.6. The summed E-state index contributed by atoms with van der Waals surface area (Å²) in [5.41, 5.74) is 0. The quantitative estimate of drug-likeness (QED) is 0.533. The molecule has 2 unspecified atom stereocenters. The van der Waals surface area contributed by atoms with Crippen LogP contribution in [0.4, 0.5) is 0 Å². The fourth-order valence-electron chi connectivity index (χ4n) is 1.00. The highest BCUT2D eigenvalue weighted by Gasteiger charge is 2.41. The fourth-order valence-corrected chi connectivity index (χ4v) is 1.00. The van der Waals surface area contributed by atoms with Gasteiger partial charge in [-0.25, -0.2) is 0 Å². The van der Waals surface area contributed by atoms with Gasteiger partial charge in [0, 0.05) is 0 Å². The minimum absolute atomic E-state index is 0.0510. The van der Waals surface area contributed by atoms with Crippen molar-refractivity contribution in [3.8, 4) is 0 Å². The van der Waals surface area contributed by atoms with E-state index in [2.05, 4.69) is 6.92 Å². The van der Waals surface area contributed by atoms with E-state index in [4.69, 9.17) is 4.74 Å². The summed E-state index contributed by atoms with van der Waals surface area (Å²) < 4.78 is 5.07. The molecule has 1 aliphatic heterocycles. The Morgan fingerprint density at radius 3 is 2.67 bits per heavy atom. The third kappa shape index (κ3) is 1.52. The van der Waals surface area contributed by atoms with Crippen LogP contribution in [0.15, 0.2) is 0 Å². The zero-order chi connectivity index (χ0) is 6.85. The summed E-state index contributed by atoms with van der Waals surface area (Å²) in [7, 11) is 0. The average molecular weight is 128 g/mol. The van der Waals surface area contributed by atoms with E-state index in [-0.39, 0.29) is 18.0 Å². The molecule has 0 aromatic carbocycles. The van der Waals surface area contributed by atoms with Crippen LogP contribution in [0.1, 0.15) is 26.7 Å². The Morgan fingerprint density at radius 1 is 1.67 bits per heavy atom. The van der Waals surface area contributed by atoms with Gasteiger partial charge in [0.15, 0.2) is 5.78 Å². The van der Waals surface area contributed by atoms with Crippen LogP contribution >= 0.6 is 0 Å². The second-order valence-electron chi connectivity index (χ2n) is 2.49. The van der Waals surface area contributed by atoms with E-state index < -0.39 is 0 Å². The summed E-state index contributed by atoms with van der Waals surface area (Å²) in [4.78, 5) is 10.6. The molecule has 1 heterocycles. The summed E-state index contributed by atoms with van der Waals surface area (Å²) in [5.74, 6) is 0.174. The van der Waals surface area contributed by atoms with Gasteiger partial charge in [0.2, 0.25) is 0 Å². The smallest absolute Gasteiger partial charge is 0.161 e. The predicted octanol–water partition coefficient (Wildman–Crippen LogP) is 1.14. The molecule has 0 spiro atoms. The Balaban J connectivity index is 2.17. The third-order valence-corrected chi connectivity index (χ3v) is 1.56. The Bertz CT molecular complexity index is 120. The molecule has 52 valence electrons. The van der Waals surface area contributed by atoms with Crippen molar-refractivity contribution in [1.29, 1.82) is 0 Å². The lowest BCUT2D eigenvalue weighted by Gasteiger charge is -1.84. The number of hydrogen-bond donors (Lipinski definition) is 0. The highest BCUT2D eigenvalue weighted by atomic mass is 16.6. The summed E-state index contributed by atoms with van der Waals surface area (Å²) in [5, 5.41) is 0. The lowest BCUT2D eigenvalue weighted by Crippen LogP contribution is -2.03. The molecule has 0 N–H and O–H groups in total. The first kappa shape index (κ1) is 6.75. The molecular weight excluding hydrogens is 116 g/mol. The summed E-state index contributed by atoms with van der Waals surface area (Å²) in [6.45, 7) is 3.68. The fraction of sp³-hybridized carbons (Fsp3) is 0.857. The van der Waals surface area contributed by atoms with Crippen molar-refractivity contribution >= 4 is 5.78 Å². The van der Waals surface area contributed by atoms with E-state index in [0.29, 0.717) is 0 Å². The van der Waals surface area contributed by atoms with Gasteiger partial charge in [0.05, 0.1) is 6.10 Å². The van der Waals surface area contributed by atoms with E-state index in [0.717, 1.165) is 12.8 Å². The SMILES string of the molecule is CCCC1OC1C(C)=O. The molecule has 9 heavy (non-hydrogen) atoms. The van der Waals surface area contributed by atoms with E-state index in [1.54, 1.807) is 6.92 Å². The van der Waals surface area contributed by atoms with Crippen LogP contribution in [0.25, 0.3) is 0 Å². The van der Waals surface area contributed by atoms with Crippen molar-refractivity contribution in [1.82, 2.24) is 0 Å². The van der Waals surface area contributed by atoms with Crippen LogP contribution in [0.5, 0.6) is 0 Å². The molecule has 2 nitrogen and oxygen atoms in total. The van der Waals surface area contributed by atoms with Crippen LogP contribution in [0, 0.1) is 0 Å². The van der Waals surface area contributed by atoms with Crippen LogP contribution in [-0.4, -0.2) is 18.0 Å². The largest absolute Gasteiger partial charge is 0.361 e. The minimum atomic E-state index is -0.0510. The first-order valence-electron chi connectivity index (χ1n) is 3.41. The second kappa shape index (κ2) is 2.48. The van der Waals surface area contributed by atoms with Crippen molar-refractivity contribution < 1.29 is 9.53 Å². The molecule has 0 saturated carbocycles. The Kier molecular flexibility index (Phi) is 1.86. The Morgan fingerprint density at radius 2 is 2.33 bits per heavy atom. The zero-order valence-electron chi connectivity index (χ0n) is 5.89. The molecule has 0 bridgehead atoms. The number of carbonyl (C=O) groups is 1. The van der Waals surface area contributed by atoms with Crippen LogP contribution < -0.4 is 0 Å². The number of ketones is 1. The van der Waals surface area contributed by atoms with Crippen LogP contribution in [0.3, 0.4) is 0 Å². The average Bonchev–Trinajstić information content (AvgIpc) is 2.47. The van der Waals surface area contributed by atoms with Gasteiger partial charge in [0.25, 0.3) is 0 Å². The number of rotatable bonds is 3. The number of carbonyl (C=O) groups excluding carboxylic acids is 1. The zero-order valence-corrected chi connectivity index (χ0v) is 5.89. The van der Waals surface area contributed by atoms with E-state index in [1.165, 1.54) is 0 Å². The highest BCUT2D eigenvalue weighted by molar-refractivity contribution is 5.83. The standard InChI is InChI=1S/C7H12O2/c1-3-4-6-7(9-6)5(2)8/h6-7H,3-4H2,1-2H3. The molecule has 2 atom stereocenters. The van der Waals surface area contributed by atoms with Gasteiger partial charge in [-0.3, -0.25) is 4.79 Å². The molecule has 1 rings (SSSR count). The number of ether oxygens (including phenoxy) is 1. The Labute approximate surface area is 55.2 Å². The lowest BCUT2D eigenvalue weighted by molar-refractivity contribution is -0.118. The number of epoxide rings is 1. The first-order valence-corrected chi connectivity index (χ1v) is 3.41. The summed E-state index contributed by atoms with van der Waals surface area (Å²) in [6.07, 6.45) is 2.34. The molecule has 1 fully saturated rings. The monoisotopic (exact) mass is 128 g/mol. The maximum absolute atomic E-state index is 10.6. The Hall–Kier alpha value is -0.370. The van der Waals surface area contributed by atoms with Crippen molar-refractivity contribution in [2.45, 2.75) is 38.9 Å². The van der Waals surface area contributed by atoms with E-state index in [1.807, 2.05) is 0 Å². The highest BCUT2D eigenvalue weighted by Crippen LogP contribution is 2.26. The van der Waals surface area contributed by atoms with Gasteiger partial charge in [-0.15, -0.1) is 0 Å². The molecule has 0 amide bonds. The predicted molar refractivity (Wildman–Crippen MR) is 34.2 cm³/mol. The van der Waals surface area contributed by atoms with Gasteiger partial charge in [-0.1, -0.05) is 13.3 Å². The normalized spacial score (nSPS) is 32.2. The molecule has 0 aromatic heterocycles. The van der Waals surface area contributed by atoms with Gasteiger partial charge >= 0.3 is 0 Å². The number of hydrogen-bond acceptors (Lipinski definition) is 2. The van der Waals surface area contributed by atoms with Crippen molar-refractivity contribution in [2.24, 2.45) is 0 Å². The number of Topliss-reactive ketones (excluding diaryl/α,β-unsaturated/α-hetero) is 1. The van der Waals surface area contributed by atoms with Gasteiger partial charge in [0.1, 0.15) is 6.10 Å². The first-order chi connectivity index (χ1) is 4.25. The summed E-state index contributed by atoms with van der Waals surface area (Å²) in [6, 6.07) is 0. The third-order valence-electron chi connectivity index (χ3n) is 1.56. The molecule has 0 aliphatic carbocycles. The van der Waals surface area contributed by atoms with Gasteiger partial charge in [-0.2, -0.15) is 0 Å². The van der Waals surface area contributed by atoms with Crippen molar-refractivity contribution in [3.63, 3.8) is 0 Å². The lowest BCUT2D eigenvalue weighted by atomic mass is 10.2. The van der Waals surface area contributed by atoms with Crippen molar-refractivity contribution in [2.75, 3.05) is 0 Å². The molecule has 1 saturated heterocycles. The minimum Gasteiger partial charge on any atom is -0.361 e. The van der Waals surface area contributed by atoms with Crippen LogP contribution in [-0.2, 0) is 9.53 Å². The maximum Gasteiger partial charge on any atom is 0.161 e. The van der Waals surface area contributed by atoms with Crippen molar-refractivity contribution in [3.05, 3.63) is 0 Å². The van der Waals surface area contributed by atoms with E-state index >= 15 is 0 Å². The molecular formula is C7H12O2. The second-order valence-corrected chi connectivity index (χ2v) is 2.49. The molecule has 1 aliphatic rings. The van der Waals surface area contributed by atoms with Gasteiger partial charge in [-0.05, 0) is 13.3 Å². The topological polar surface area (TPSA) is 29.6 Å². The molecule has 0 aromatic rings. The van der Waals surface area contributed by atoms with Crippen LogP contribution in [0.2, 0.25) is 0 Å². The van der Waals surface area contributed by atoms with E-state index in [9.17, 15) is 4.79 Å². The molecule has 0 radical (unpaired) electrons.